The standard InChI is InChI=1S/C18H20N2O4S.H2O/c1-6-14(21)25(9-19,10-20)16-11-8-17(2,3)22-12(11)7-13-15(16)24-18(4,5)23-13;/h7H,6,8H2,1-5H3;1H2. The van der Waals surface area contributed by atoms with Crippen LogP contribution in [0.5, 0.6) is 17.2 Å². The lowest BCUT2D eigenvalue weighted by molar-refractivity contribution is -0.111. The fraction of sp³-hybridized carbons (Fsp3) is 0.500. The zero-order valence-electron chi connectivity index (χ0n) is 15.4. The summed E-state index contributed by atoms with van der Waals surface area (Å²) in [6, 6.07) is 1.73. The average molecular weight is 378 g/mol. The minimum absolute atomic E-state index is 0. The minimum atomic E-state index is -3.04. The number of nitriles is 2. The first-order valence-electron chi connectivity index (χ1n) is 8.04. The maximum Gasteiger partial charge on any atom is 0.246 e. The maximum atomic E-state index is 12.7. The fourth-order valence-electron chi connectivity index (χ4n) is 3.22. The average Bonchev–Trinajstić information content (AvgIpc) is 2.99. The number of nitrogens with zero attached hydrogens (tertiary/aromatic N) is 2. The number of rotatable bonds is 2. The summed E-state index contributed by atoms with van der Waals surface area (Å²) < 4.78 is 17.7. The van der Waals surface area contributed by atoms with Gasteiger partial charge >= 0.3 is 0 Å². The molecule has 2 heterocycles. The second kappa shape index (κ2) is 6.08. The van der Waals surface area contributed by atoms with Crippen molar-refractivity contribution in [3.63, 3.8) is 0 Å². The van der Waals surface area contributed by atoms with Crippen molar-refractivity contribution in [3.05, 3.63) is 11.6 Å². The molecular weight excluding hydrogens is 356 g/mol. The lowest BCUT2D eigenvalue weighted by Crippen LogP contribution is -2.30. The summed E-state index contributed by atoms with van der Waals surface area (Å²) in [5.41, 5.74) is 0.206. The van der Waals surface area contributed by atoms with Gasteiger partial charge in [0.15, 0.2) is 11.5 Å². The second-order valence-electron chi connectivity index (χ2n) is 7.17. The van der Waals surface area contributed by atoms with Gasteiger partial charge in [-0.05, 0) is 13.8 Å². The van der Waals surface area contributed by atoms with Crippen LogP contribution in [-0.2, 0) is 11.2 Å². The van der Waals surface area contributed by atoms with E-state index in [1.54, 1.807) is 26.8 Å². The number of benzene rings is 1. The lowest BCUT2D eigenvalue weighted by Gasteiger charge is -2.26. The Balaban J connectivity index is 0.00000243. The van der Waals surface area contributed by atoms with E-state index < -0.39 is 21.4 Å². The molecule has 26 heavy (non-hydrogen) atoms. The van der Waals surface area contributed by atoms with Crippen molar-refractivity contribution < 1.29 is 24.5 Å². The number of carbonyl (C=O) groups excluding carboxylic acids is 1. The number of fused-ring (bicyclic) bond motifs is 2. The van der Waals surface area contributed by atoms with Crippen molar-refractivity contribution in [1.82, 2.24) is 0 Å². The quantitative estimate of drug-likeness (QED) is 0.728. The Morgan fingerprint density at radius 1 is 1.15 bits per heavy atom. The van der Waals surface area contributed by atoms with Gasteiger partial charge in [0, 0.05) is 48.3 Å². The Hall–Kier alpha value is -2.42. The van der Waals surface area contributed by atoms with Crippen LogP contribution in [0.25, 0.3) is 0 Å². The van der Waals surface area contributed by atoms with Gasteiger partial charge in [0.25, 0.3) is 0 Å². The van der Waals surface area contributed by atoms with Gasteiger partial charge < -0.3 is 19.7 Å². The molecule has 8 heteroatoms. The zero-order valence-corrected chi connectivity index (χ0v) is 16.2. The van der Waals surface area contributed by atoms with Crippen LogP contribution in [-0.4, -0.2) is 22.0 Å². The van der Waals surface area contributed by atoms with Crippen molar-refractivity contribution in [3.8, 4) is 28.1 Å². The van der Waals surface area contributed by atoms with Crippen LogP contribution in [0.15, 0.2) is 11.0 Å². The third kappa shape index (κ3) is 2.76. The first kappa shape index (κ1) is 19.9. The molecule has 2 N–H and O–H groups in total. The number of hydrogen-bond acceptors (Lipinski definition) is 6. The van der Waals surface area contributed by atoms with Gasteiger partial charge in [0.05, 0.1) is 4.90 Å². The topological polar surface area (TPSA) is 124 Å². The largest absolute Gasteiger partial charge is 0.487 e. The molecule has 0 unspecified atom stereocenters. The summed E-state index contributed by atoms with van der Waals surface area (Å²) in [4.78, 5) is 13.0. The highest BCUT2D eigenvalue weighted by atomic mass is 32.3. The highest BCUT2D eigenvalue weighted by molar-refractivity contribution is 8.51. The summed E-state index contributed by atoms with van der Waals surface area (Å²) in [5, 5.41) is 23.4. The van der Waals surface area contributed by atoms with E-state index in [-0.39, 0.29) is 17.0 Å². The van der Waals surface area contributed by atoms with Gasteiger partial charge in [-0.2, -0.15) is 10.5 Å². The molecule has 1 aromatic rings. The normalized spacial score (nSPS) is 18.6. The Bertz CT molecular complexity index is 808. The van der Waals surface area contributed by atoms with Crippen LogP contribution in [0.1, 0.15) is 46.6 Å². The number of ether oxygens (including phenoxy) is 3. The minimum Gasteiger partial charge on any atom is -0.487 e. The Labute approximate surface area is 154 Å². The molecule has 1 aromatic carbocycles. The van der Waals surface area contributed by atoms with Gasteiger partial charge in [0.1, 0.15) is 22.2 Å². The van der Waals surface area contributed by atoms with Crippen LogP contribution in [0.3, 0.4) is 0 Å². The van der Waals surface area contributed by atoms with E-state index in [1.807, 2.05) is 24.6 Å². The van der Waals surface area contributed by atoms with Gasteiger partial charge in [0.2, 0.25) is 10.9 Å². The molecule has 0 amide bonds. The number of carbonyl (C=O) groups is 1. The zero-order chi connectivity index (χ0) is 18.6. The van der Waals surface area contributed by atoms with Crippen LogP contribution in [0.4, 0.5) is 0 Å². The molecule has 2 aliphatic rings. The number of hydrogen-bond donors (Lipinski definition) is 0. The summed E-state index contributed by atoms with van der Waals surface area (Å²) in [7, 11) is -3.04. The molecule has 0 spiro atoms. The predicted octanol–water partition coefficient (Wildman–Crippen LogP) is 3.14. The third-order valence-corrected chi connectivity index (χ3v) is 6.73. The van der Waals surface area contributed by atoms with Crippen LogP contribution in [0.2, 0.25) is 0 Å². The van der Waals surface area contributed by atoms with Crippen molar-refractivity contribution in [2.24, 2.45) is 0 Å². The van der Waals surface area contributed by atoms with Crippen molar-refractivity contribution in [2.75, 3.05) is 0 Å². The first-order valence-corrected chi connectivity index (χ1v) is 9.67. The van der Waals surface area contributed by atoms with Crippen LogP contribution >= 0.6 is 10.0 Å². The van der Waals surface area contributed by atoms with Crippen molar-refractivity contribution in [2.45, 2.75) is 63.7 Å². The van der Waals surface area contributed by atoms with Crippen LogP contribution < -0.4 is 14.2 Å². The fourth-order valence-corrected chi connectivity index (χ4v) is 5.27. The third-order valence-electron chi connectivity index (χ3n) is 4.17. The Morgan fingerprint density at radius 3 is 2.31 bits per heavy atom. The molecule has 0 radical (unpaired) electrons. The van der Waals surface area contributed by atoms with E-state index >= 15 is 0 Å². The highest BCUT2D eigenvalue weighted by Gasteiger charge is 2.48. The van der Waals surface area contributed by atoms with Crippen molar-refractivity contribution in [1.29, 1.82) is 10.5 Å². The van der Waals surface area contributed by atoms with Gasteiger partial charge in [-0.1, -0.05) is 6.92 Å². The molecule has 0 saturated heterocycles. The molecule has 0 aliphatic carbocycles. The smallest absolute Gasteiger partial charge is 0.246 e. The van der Waals surface area contributed by atoms with E-state index in [0.29, 0.717) is 34.1 Å². The molecule has 140 valence electrons. The van der Waals surface area contributed by atoms with Gasteiger partial charge in [-0.25, -0.2) is 0 Å². The maximum absolute atomic E-state index is 12.7. The van der Waals surface area contributed by atoms with Gasteiger partial charge in [-0.15, -0.1) is 0 Å². The molecule has 2 aliphatic heterocycles. The summed E-state index contributed by atoms with van der Waals surface area (Å²) >= 11 is 0. The Kier molecular flexibility index (Phi) is 4.65. The first-order chi connectivity index (χ1) is 11.6. The SMILES string of the molecule is CCC(=O)S(C#N)(C#N)c1c2c(cc3c1OC(C)(C)O3)OC(C)(C)C2.O. The molecule has 0 saturated carbocycles. The Morgan fingerprint density at radius 2 is 1.77 bits per heavy atom. The second-order valence-corrected chi connectivity index (χ2v) is 9.63. The van der Waals surface area contributed by atoms with Gasteiger partial charge in [-0.3, -0.25) is 4.79 Å². The van der Waals surface area contributed by atoms with E-state index in [2.05, 4.69) is 0 Å². The molecule has 0 bridgehead atoms. The van der Waals surface area contributed by atoms with E-state index in [4.69, 9.17) is 14.2 Å². The molecular formula is C18H22N2O5S. The lowest BCUT2D eigenvalue weighted by atomic mass is 10.0. The molecule has 0 atom stereocenters. The summed E-state index contributed by atoms with van der Waals surface area (Å²) in [6.45, 7) is 8.98. The highest BCUT2D eigenvalue weighted by Crippen LogP contribution is 2.66. The van der Waals surface area contributed by atoms with E-state index in [9.17, 15) is 15.3 Å². The number of thiocyanates is 2. The monoisotopic (exact) mass is 378 g/mol. The summed E-state index contributed by atoms with van der Waals surface area (Å²) in [6.07, 6.45) is 0.591. The summed E-state index contributed by atoms with van der Waals surface area (Å²) in [5.74, 6) is 0.339. The molecule has 7 nitrogen and oxygen atoms in total. The molecule has 3 rings (SSSR count). The molecule has 0 fully saturated rings. The van der Waals surface area contributed by atoms with Crippen LogP contribution in [0, 0.1) is 21.3 Å². The van der Waals surface area contributed by atoms with Crippen molar-refractivity contribution >= 4 is 15.1 Å². The molecule has 0 aromatic heterocycles. The predicted molar refractivity (Wildman–Crippen MR) is 96.2 cm³/mol. The van der Waals surface area contributed by atoms with E-state index in [1.165, 1.54) is 0 Å². The van der Waals surface area contributed by atoms with E-state index in [0.717, 1.165) is 0 Å².